The number of halogens is 3. The van der Waals surface area contributed by atoms with E-state index in [4.69, 9.17) is 11.6 Å². The number of amides is 1. The van der Waals surface area contributed by atoms with E-state index in [9.17, 15) is 4.79 Å². The van der Waals surface area contributed by atoms with Crippen molar-refractivity contribution in [3.05, 3.63) is 32.7 Å². The molecule has 2 unspecified atom stereocenters. The summed E-state index contributed by atoms with van der Waals surface area (Å²) >= 11 is 12.9. The van der Waals surface area contributed by atoms with Gasteiger partial charge in [-0.05, 0) is 53.4 Å². The van der Waals surface area contributed by atoms with Gasteiger partial charge >= 0.3 is 0 Å². The van der Waals surface area contributed by atoms with Crippen molar-refractivity contribution in [3.8, 4) is 0 Å². The molecule has 1 saturated carbocycles. The summed E-state index contributed by atoms with van der Waals surface area (Å²) in [7, 11) is 0. The number of nitrogens with one attached hydrogen (secondary N) is 1. The van der Waals surface area contributed by atoms with Crippen LogP contribution in [0.3, 0.4) is 0 Å². The fourth-order valence-electron chi connectivity index (χ4n) is 2.00. The molecule has 0 aromatic heterocycles. The van der Waals surface area contributed by atoms with Crippen LogP contribution in [-0.4, -0.2) is 17.3 Å². The van der Waals surface area contributed by atoms with E-state index in [2.05, 4.69) is 37.2 Å². The number of carbonyl (C=O) groups excluding carboxylic acids is 1. The average Bonchev–Trinajstić information content (AvgIpc) is 2.64. The highest BCUT2D eigenvalue weighted by atomic mass is 79.9. The summed E-state index contributed by atoms with van der Waals surface area (Å²) in [5.41, 5.74) is 0.643. The van der Waals surface area contributed by atoms with Gasteiger partial charge in [0.1, 0.15) is 0 Å². The van der Waals surface area contributed by atoms with Gasteiger partial charge in [-0.1, -0.05) is 15.9 Å². The molecule has 0 radical (unpaired) electrons. The van der Waals surface area contributed by atoms with Gasteiger partial charge in [0.25, 0.3) is 5.91 Å². The summed E-state index contributed by atoms with van der Waals surface area (Å²) in [6.45, 7) is 0. The Morgan fingerprint density at radius 2 is 2.12 bits per heavy atom. The van der Waals surface area contributed by atoms with Crippen molar-refractivity contribution in [2.45, 2.75) is 30.7 Å². The molecule has 1 aromatic carbocycles. The van der Waals surface area contributed by atoms with E-state index in [0.717, 1.165) is 28.2 Å². The van der Waals surface area contributed by atoms with Crippen LogP contribution in [-0.2, 0) is 0 Å². The Kier molecular flexibility index (Phi) is 4.50. The van der Waals surface area contributed by atoms with E-state index in [1.54, 1.807) is 6.07 Å². The summed E-state index contributed by atoms with van der Waals surface area (Å²) < 4.78 is 1.73. The minimum absolute atomic E-state index is 0.0631. The molecule has 92 valence electrons. The van der Waals surface area contributed by atoms with Gasteiger partial charge in [0.05, 0.1) is 10.9 Å². The van der Waals surface area contributed by atoms with E-state index < -0.39 is 0 Å². The quantitative estimate of drug-likeness (QED) is 0.768. The molecule has 0 aliphatic heterocycles. The number of rotatable bonds is 2. The Hall–Kier alpha value is -0.0600. The van der Waals surface area contributed by atoms with Crippen LogP contribution in [0.25, 0.3) is 0 Å². The third-order valence-electron chi connectivity index (χ3n) is 2.92. The van der Waals surface area contributed by atoms with Crippen LogP contribution in [0.4, 0.5) is 0 Å². The lowest BCUT2D eigenvalue weighted by Gasteiger charge is -2.16. The Labute approximate surface area is 122 Å². The second-order valence-electron chi connectivity index (χ2n) is 4.15. The molecule has 0 saturated heterocycles. The predicted molar refractivity (Wildman–Crippen MR) is 76.6 cm³/mol. The molecule has 0 bridgehead atoms. The Balaban J connectivity index is 2.09. The summed E-state index contributed by atoms with van der Waals surface area (Å²) in [4.78, 5) is 12.1. The van der Waals surface area contributed by atoms with Gasteiger partial charge in [-0.25, -0.2) is 0 Å². The highest BCUT2D eigenvalue weighted by Gasteiger charge is 2.27. The van der Waals surface area contributed by atoms with Crippen molar-refractivity contribution in [2.24, 2.45) is 0 Å². The molecule has 5 heteroatoms. The lowest BCUT2D eigenvalue weighted by atomic mass is 10.2. The van der Waals surface area contributed by atoms with E-state index in [1.807, 2.05) is 12.1 Å². The first-order valence-electron chi connectivity index (χ1n) is 5.48. The first kappa shape index (κ1) is 13.4. The third kappa shape index (κ3) is 3.24. The Morgan fingerprint density at radius 3 is 2.71 bits per heavy atom. The van der Waals surface area contributed by atoms with E-state index >= 15 is 0 Å². The van der Waals surface area contributed by atoms with Gasteiger partial charge in [0.15, 0.2) is 0 Å². The highest BCUT2D eigenvalue weighted by Crippen LogP contribution is 2.26. The first-order chi connectivity index (χ1) is 8.08. The van der Waals surface area contributed by atoms with E-state index in [0.29, 0.717) is 5.56 Å². The minimum atomic E-state index is -0.0677. The zero-order chi connectivity index (χ0) is 12.4. The molecule has 2 rings (SSSR count). The first-order valence-corrected chi connectivity index (χ1v) is 7.50. The van der Waals surface area contributed by atoms with Gasteiger partial charge < -0.3 is 5.32 Å². The maximum Gasteiger partial charge on any atom is 0.252 e. The van der Waals surface area contributed by atoms with Gasteiger partial charge in [0.2, 0.25) is 0 Å². The predicted octanol–water partition coefficient (Wildman–Crippen LogP) is 4.10. The van der Waals surface area contributed by atoms with Crippen LogP contribution in [0.1, 0.15) is 29.6 Å². The van der Waals surface area contributed by atoms with Crippen LogP contribution in [0.2, 0.25) is 0 Å². The number of hydrogen-bond acceptors (Lipinski definition) is 1. The zero-order valence-corrected chi connectivity index (χ0v) is 13.0. The average molecular weight is 381 g/mol. The summed E-state index contributed by atoms with van der Waals surface area (Å²) in [5.74, 6) is -0.0677. The smallest absolute Gasteiger partial charge is 0.252 e. The molecule has 1 amide bonds. The Bertz CT molecular complexity index is 439. The topological polar surface area (TPSA) is 29.1 Å². The van der Waals surface area contributed by atoms with Crippen LogP contribution in [0.5, 0.6) is 0 Å². The third-order valence-corrected chi connectivity index (χ3v) is 4.60. The molecule has 2 nitrogen and oxygen atoms in total. The van der Waals surface area contributed by atoms with Crippen molar-refractivity contribution >= 4 is 49.4 Å². The van der Waals surface area contributed by atoms with Gasteiger partial charge in [-0.2, -0.15) is 0 Å². The molecule has 1 aliphatic carbocycles. The number of hydrogen-bond donors (Lipinski definition) is 1. The fraction of sp³-hybridized carbons (Fsp3) is 0.417. The summed E-state index contributed by atoms with van der Waals surface area (Å²) in [5, 5.41) is 3.05. The Morgan fingerprint density at radius 1 is 1.35 bits per heavy atom. The maximum absolute atomic E-state index is 12.1. The molecule has 1 N–H and O–H groups in total. The molecule has 1 fully saturated rings. The van der Waals surface area contributed by atoms with Crippen molar-refractivity contribution in [2.75, 3.05) is 0 Å². The van der Waals surface area contributed by atoms with E-state index in [1.165, 1.54) is 0 Å². The number of benzene rings is 1. The van der Waals surface area contributed by atoms with Crippen molar-refractivity contribution in [1.82, 2.24) is 5.32 Å². The van der Waals surface area contributed by atoms with Crippen molar-refractivity contribution < 1.29 is 4.79 Å². The number of carbonyl (C=O) groups is 1. The SMILES string of the molecule is O=C(NC1CCCC1Cl)c1ccc(Br)cc1Br. The normalized spacial score (nSPS) is 23.7. The van der Waals surface area contributed by atoms with Crippen molar-refractivity contribution in [3.63, 3.8) is 0 Å². The lowest BCUT2D eigenvalue weighted by molar-refractivity contribution is 0.0937. The molecule has 0 heterocycles. The van der Waals surface area contributed by atoms with Crippen LogP contribution in [0.15, 0.2) is 27.1 Å². The van der Waals surface area contributed by atoms with Gasteiger partial charge in [-0.15, -0.1) is 11.6 Å². The minimum Gasteiger partial charge on any atom is -0.348 e. The molecule has 0 spiro atoms. The number of alkyl halides is 1. The van der Waals surface area contributed by atoms with E-state index in [-0.39, 0.29) is 17.3 Å². The molecule has 2 atom stereocenters. The zero-order valence-electron chi connectivity index (χ0n) is 9.05. The maximum atomic E-state index is 12.1. The summed E-state index contributed by atoms with van der Waals surface area (Å²) in [6.07, 6.45) is 3.03. The van der Waals surface area contributed by atoms with Gasteiger partial charge in [0, 0.05) is 15.0 Å². The van der Waals surface area contributed by atoms with Gasteiger partial charge in [-0.3, -0.25) is 4.79 Å². The van der Waals surface area contributed by atoms with Crippen LogP contribution >= 0.6 is 43.5 Å². The molecular weight excluding hydrogens is 369 g/mol. The van der Waals surface area contributed by atoms with Crippen LogP contribution < -0.4 is 5.32 Å². The second kappa shape index (κ2) is 5.72. The van der Waals surface area contributed by atoms with Crippen LogP contribution in [0, 0.1) is 0 Å². The molecule has 1 aliphatic rings. The molecule has 17 heavy (non-hydrogen) atoms. The van der Waals surface area contributed by atoms with Crippen molar-refractivity contribution in [1.29, 1.82) is 0 Å². The summed E-state index contributed by atoms with van der Waals surface area (Å²) in [6, 6.07) is 5.61. The lowest BCUT2D eigenvalue weighted by Crippen LogP contribution is -2.37. The largest absolute Gasteiger partial charge is 0.348 e. The molecule has 1 aromatic rings. The standard InChI is InChI=1S/C12H12Br2ClNO/c13-7-4-5-8(9(14)6-7)12(17)16-11-3-1-2-10(11)15/h4-6,10-11H,1-3H2,(H,16,17). The fourth-order valence-corrected chi connectivity index (χ4v) is 3.57. The monoisotopic (exact) mass is 379 g/mol. The molecular formula is C12H12Br2ClNO. The second-order valence-corrected chi connectivity index (χ2v) is 6.48. The highest BCUT2D eigenvalue weighted by molar-refractivity contribution is 9.11.